The predicted octanol–water partition coefficient (Wildman–Crippen LogP) is 5.26. The van der Waals surface area contributed by atoms with Crippen LogP contribution in [0.4, 0.5) is 5.82 Å². The maximum Gasteiger partial charge on any atom is 0.190 e. The SMILES string of the molecule is CC(C)c1[nH]nc2c(NCc3ccc(-c4ccccn4)cc3)nc(SC(CO)C(C)C)nc12. The Balaban J connectivity index is 1.59. The highest BCUT2D eigenvalue weighted by molar-refractivity contribution is 7.99. The number of aromatic amines is 1. The van der Waals surface area contributed by atoms with Gasteiger partial charge in [-0.15, -0.1) is 0 Å². The number of nitrogens with one attached hydrogen (secondary N) is 2. The Labute approximate surface area is 198 Å². The van der Waals surface area contributed by atoms with Gasteiger partial charge in [-0.2, -0.15) is 5.10 Å². The number of H-pyrrole nitrogens is 1. The molecule has 0 radical (unpaired) electrons. The summed E-state index contributed by atoms with van der Waals surface area (Å²) in [5.41, 5.74) is 5.72. The first-order valence-electron chi connectivity index (χ1n) is 11.2. The van der Waals surface area contributed by atoms with Crippen LogP contribution in [0.15, 0.2) is 53.8 Å². The van der Waals surface area contributed by atoms with E-state index in [9.17, 15) is 5.11 Å². The Morgan fingerprint density at radius 3 is 2.42 bits per heavy atom. The van der Waals surface area contributed by atoms with Crippen molar-refractivity contribution in [1.82, 2.24) is 25.1 Å². The molecular formula is C25H30N6OS. The van der Waals surface area contributed by atoms with Crippen molar-refractivity contribution < 1.29 is 5.11 Å². The van der Waals surface area contributed by atoms with Crippen molar-refractivity contribution in [3.63, 3.8) is 0 Å². The average Bonchev–Trinajstić information content (AvgIpc) is 3.26. The maximum absolute atomic E-state index is 9.78. The van der Waals surface area contributed by atoms with E-state index in [0.29, 0.717) is 23.4 Å². The van der Waals surface area contributed by atoms with Crippen LogP contribution in [0.5, 0.6) is 0 Å². The van der Waals surface area contributed by atoms with Crippen molar-refractivity contribution in [2.24, 2.45) is 5.92 Å². The topological polar surface area (TPSA) is 99.6 Å². The van der Waals surface area contributed by atoms with Gasteiger partial charge in [0.05, 0.1) is 18.0 Å². The smallest absolute Gasteiger partial charge is 0.190 e. The summed E-state index contributed by atoms with van der Waals surface area (Å²) in [5, 5.41) is 21.6. The molecule has 33 heavy (non-hydrogen) atoms. The summed E-state index contributed by atoms with van der Waals surface area (Å²) in [4.78, 5) is 14.0. The van der Waals surface area contributed by atoms with E-state index in [0.717, 1.165) is 33.5 Å². The van der Waals surface area contributed by atoms with E-state index < -0.39 is 0 Å². The van der Waals surface area contributed by atoms with Gasteiger partial charge in [-0.25, -0.2) is 9.97 Å². The molecule has 0 amide bonds. The molecule has 4 rings (SSSR count). The van der Waals surface area contributed by atoms with Crippen molar-refractivity contribution in [1.29, 1.82) is 0 Å². The number of fused-ring (bicyclic) bond motifs is 1. The number of aliphatic hydroxyl groups excluding tert-OH is 1. The van der Waals surface area contributed by atoms with Crippen LogP contribution in [0.1, 0.15) is 44.9 Å². The molecule has 1 aromatic carbocycles. The van der Waals surface area contributed by atoms with Crippen LogP contribution in [0.3, 0.4) is 0 Å². The Morgan fingerprint density at radius 1 is 1.00 bits per heavy atom. The van der Waals surface area contributed by atoms with Crippen molar-refractivity contribution >= 4 is 28.6 Å². The lowest BCUT2D eigenvalue weighted by Crippen LogP contribution is -2.16. The fraction of sp³-hybridized carbons (Fsp3) is 0.360. The maximum atomic E-state index is 9.78. The van der Waals surface area contributed by atoms with Crippen LogP contribution in [0.2, 0.25) is 0 Å². The molecule has 172 valence electrons. The lowest BCUT2D eigenvalue weighted by atomic mass is 10.1. The molecule has 3 heterocycles. The monoisotopic (exact) mass is 462 g/mol. The molecule has 0 bridgehead atoms. The molecule has 0 aliphatic rings. The average molecular weight is 463 g/mol. The Morgan fingerprint density at radius 2 is 1.79 bits per heavy atom. The number of rotatable bonds is 9. The van der Waals surface area contributed by atoms with Gasteiger partial charge in [0, 0.05) is 23.6 Å². The molecule has 7 nitrogen and oxygen atoms in total. The largest absolute Gasteiger partial charge is 0.395 e. The zero-order valence-electron chi connectivity index (χ0n) is 19.4. The highest BCUT2D eigenvalue weighted by atomic mass is 32.2. The number of benzene rings is 1. The Hall–Kier alpha value is -2.97. The number of hydrogen-bond acceptors (Lipinski definition) is 7. The number of aliphatic hydroxyl groups is 1. The van der Waals surface area contributed by atoms with Crippen LogP contribution in [-0.2, 0) is 6.54 Å². The third kappa shape index (κ3) is 5.34. The van der Waals surface area contributed by atoms with Crippen molar-refractivity contribution in [3.05, 3.63) is 59.9 Å². The standard InChI is InChI=1S/C25H30N6OS/c1-15(2)20(14-32)33-25-28-22-21(16(3)4)30-31-23(22)24(29-25)27-13-17-8-10-18(11-9-17)19-7-5-6-12-26-19/h5-12,15-16,20,32H,13-14H2,1-4H3,(H,30,31)(H,27,28,29). The Bertz CT molecular complexity index is 1190. The zero-order valence-corrected chi connectivity index (χ0v) is 20.2. The van der Waals surface area contributed by atoms with Crippen molar-refractivity contribution in [2.45, 2.75) is 50.6 Å². The summed E-state index contributed by atoms with van der Waals surface area (Å²) >= 11 is 1.51. The number of aromatic nitrogens is 5. The van der Waals surface area contributed by atoms with E-state index in [1.54, 1.807) is 6.20 Å². The third-order valence-electron chi connectivity index (χ3n) is 5.54. The molecule has 0 fully saturated rings. The summed E-state index contributed by atoms with van der Waals surface area (Å²) in [6.07, 6.45) is 1.80. The third-order valence-corrected chi connectivity index (χ3v) is 6.93. The van der Waals surface area contributed by atoms with Gasteiger partial charge in [0.25, 0.3) is 0 Å². The molecule has 0 aliphatic carbocycles. The van der Waals surface area contributed by atoms with Gasteiger partial charge in [-0.1, -0.05) is 69.8 Å². The minimum absolute atomic E-state index is 0.0313. The summed E-state index contributed by atoms with van der Waals surface area (Å²) in [5.74, 6) is 1.26. The molecule has 0 spiro atoms. The van der Waals surface area contributed by atoms with Crippen molar-refractivity contribution in [2.75, 3.05) is 11.9 Å². The number of nitrogens with zero attached hydrogens (tertiary/aromatic N) is 4. The van der Waals surface area contributed by atoms with Crippen LogP contribution >= 0.6 is 11.8 Å². The van der Waals surface area contributed by atoms with Gasteiger partial charge in [-0.05, 0) is 29.5 Å². The summed E-state index contributed by atoms with van der Waals surface area (Å²) < 4.78 is 0. The normalized spacial score (nSPS) is 12.6. The molecule has 1 unspecified atom stereocenters. The first-order chi connectivity index (χ1) is 16.0. The number of hydrogen-bond donors (Lipinski definition) is 3. The van der Waals surface area contributed by atoms with Crippen molar-refractivity contribution in [3.8, 4) is 11.3 Å². The van der Waals surface area contributed by atoms with E-state index in [1.165, 1.54) is 11.8 Å². The molecule has 3 aromatic heterocycles. The molecule has 0 saturated heterocycles. The predicted molar refractivity (Wildman–Crippen MR) is 134 cm³/mol. The first kappa shape index (κ1) is 23.2. The number of pyridine rings is 1. The quantitative estimate of drug-likeness (QED) is 0.230. The van der Waals surface area contributed by atoms with Gasteiger partial charge >= 0.3 is 0 Å². The van der Waals surface area contributed by atoms with Gasteiger partial charge < -0.3 is 10.4 Å². The molecule has 1 atom stereocenters. The van der Waals surface area contributed by atoms with E-state index in [4.69, 9.17) is 9.97 Å². The molecular weight excluding hydrogens is 432 g/mol. The van der Waals surface area contributed by atoms with E-state index in [1.807, 2.05) is 18.2 Å². The zero-order chi connectivity index (χ0) is 23.4. The molecule has 0 saturated carbocycles. The van der Waals surface area contributed by atoms with E-state index >= 15 is 0 Å². The minimum atomic E-state index is 0.0313. The fourth-order valence-electron chi connectivity index (χ4n) is 3.51. The molecule has 4 aromatic rings. The highest BCUT2D eigenvalue weighted by Crippen LogP contribution is 2.31. The number of anilines is 1. The molecule has 8 heteroatoms. The molecule has 0 aliphatic heterocycles. The first-order valence-corrected chi connectivity index (χ1v) is 12.1. The summed E-state index contributed by atoms with van der Waals surface area (Å²) in [6, 6.07) is 14.3. The summed E-state index contributed by atoms with van der Waals surface area (Å²) in [6.45, 7) is 9.11. The second kappa shape index (κ2) is 10.3. The summed E-state index contributed by atoms with van der Waals surface area (Å²) in [7, 11) is 0. The van der Waals surface area contributed by atoms with Crippen LogP contribution in [0, 0.1) is 5.92 Å². The lowest BCUT2D eigenvalue weighted by Gasteiger charge is -2.17. The number of thioether (sulfide) groups is 1. The lowest BCUT2D eigenvalue weighted by molar-refractivity contribution is 0.275. The Kier molecular flexibility index (Phi) is 7.25. The van der Waals surface area contributed by atoms with E-state index in [2.05, 4.69) is 72.5 Å². The van der Waals surface area contributed by atoms with E-state index in [-0.39, 0.29) is 17.8 Å². The van der Waals surface area contributed by atoms with Gasteiger partial charge in [-0.3, -0.25) is 10.1 Å². The second-order valence-electron chi connectivity index (χ2n) is 8.69. The van der Waals surface area contributed by atoms with Crippen LogP contribution < -0.4 is 5.32 Å². The highest BCUT2D eigenvalue weighted by Gasteiger charge is 2.20. The van der Waals surface area contributed by atoms with Gasteiger partial charge in [0.1, 0.15) is 5.52 Å². The van der Waals surface area contributed by atoms with Crippen LogP contribution in [-0.4, -0.2) is 42.1 Å². The minimum Gasteiger partial charge on any atom is -0.395 e. The molecule has 3 N–H and O–H groups in total. The van der Waals surface area contributed by atoms with Crippen LogP contribution in [0.25, 0.3) is 22.3 Å². The second-order valence-corrected chi connectivity index (χ2v) is 9.90. The van der Waals surface area contributed by atoms with Gasteiger partial charge in [0.15, 0.2) is 16.5 Å². The fourth-order valence-corrected chi connectivity index (χ4v) is 4.41. The van der Waals surface area contributed by atoms with Gasteiger partial charge in [0.2, 0.25) is 0 Å².